The molecule has 228 valence electrons. The van der Waals surface area contributed by atoms with Crippen LogP contribution in [0.2, 0.25) is 5.02 Å². The van der Waals surface area contributed by atoms with E-state index >= 15 is 0 Å². The zero-order valence-corrected chi connectivity index (χ0v) is 25.7. The summed E-state index contributed by atoms with van der Waals surface area (Å²) < 4.78 is 34.2. The highest BCUT2D eigenvalue weighted by Crippen LogP contribution is 2.28. The third kappa shape index (κ3) is 8.05. The molecule has 1 heterocycles. The summed E-state index contributed by atoms with van der Waals surface area (Å²) in [6.45, 7) is 4.84. The molecule has 0 spiro atoms. The number of esters is 1. The molecule has 1 aliphatic rings. The molecule has 3 aromatic carbocycles. The van der Waals surface area contributed by atoms with Crippen LogP contribution in [0.4, 0.5) is 10.5 Å². The summed E-state index contributed by atoms with van der Waals surface area (Å²) in [5, 5.41) is 10.0. The number of anilines is 1. The van der Waals surface area contributed by atoms with Crippen LogP contribution in [-0.2, 0) is 26.0 Å². The molecular formula is C31H34ClN3O7S. The van der Waals surface area contributed by atoms with Gasteiger partial charge in [-0.3, -0.25) is 13.9 Å². The molecule has 0 radical (unpaired) electrons. The van der Waals surface area contributed by atoms with Gasteiger partial charge in [-0.2, -0.15) is 0 Å². The van der Waals surface area contributed by atoms with Crippen LogP contribution < -0.4 is 4.31 Å². The van der Waals surface area contributed by atoms with Gasteiger partial charge in [0.05, 0.1) is 16.6 Å². The minimum atomic E-state index is -4.36. The normalized spacial score (nSPS) is 15.6. The first kappa shape index (κ1) is 31.8. The van der Waals surface area contributed by atoms with E-state index in [2.05, 4.69) is 0 Å². The second kappa shape index (κ2) is 13.0. The highest BCUT2D eigenvalue weighted by Gasteiger charge is 2.34. The lowest BCUT2D eigenvalue weighted by Crippen LogP contribution is -2.57. The average Bonchev–Trinajstić information content (AvgIpc) is 2.95. The third-order valence-corrected chi connectivity index (χ3v) is 8.79. The van der Waals surface area contributed by atoms with Gasteiger partial charge in [0.2, 0.25) is 0 Å². The van der Waals surface area contributed by atoms with E-state index in [-0.39, 0.29) is 40.8 Å². The van der Waals surface area contributed by atoms with Crippen LogP contribution >= 0.6 is 11.6 Å². The Kier molecular flexibility index (Phi) is 9.66. The number of carbonyl (C=O) groups excluding carboxylic acids is 2. The maximum absolute atomic E-state index is 13.9. The summed E-state index contributed by atoms with van der Waals surface area (Å²) in [4.78, 5) is 41.0. The maximum Gasteiger partial charge on any atom is 0.407 e. The number of hydrogen-bond donors (Lipinski definition) is 1. The number of rotatable bonds is 8. The zero-order chi connectivity index (χ0) is 31.4. The summed E-state index contributed by atoms with van der Waals surface area (Å²) in [6.07, 6.45) is -0.642. The number of amides is 2. The molecule has 2 amide bonds. The van der Waals surface area contributed by atoms with Crippen molar-refractivity contribution in [2.75, 3.05) is 30.5 Å². The van der Waals surface area contributed by atoms with Crippen LogP contribution in [0.3, 0.4) is 0 Å². The molecule has 1 aliphatic heterocycles. The molecule has 1 N–H and O–H groups in total. The Morgan fingerprint density at radius 3 is 2.33 bits per heavy atom. The van der Waals surface area contributed by atoms with E-state index in [1.807, 2.05) is 30.3 Å². The molecule has 4 rings (SSSR count). The summed E-state index contributed by atoms with van der Waals surface area (Å²) in [5.41, 5.74) is 0.374. The summed E-state index contributed by atoms with van der Waals surface area (Å²) in [5.74, 6) is -1.19. The zero-order valence-electron chi connectivity index (χ0n) is 24.1. The summed E-state index contributed by atoms with van der Waals surface area (Å²) in [6, 6.07) is 20.6. The molecule has 1 atom stereocenters. The second-order valence-electron chi connectivity index (χ2n) is 11.2. The Morgan fingerprint density at radius 1 is 0.977 bits per heavy atom. The van der Waals surface area contributed by atoms with Gasteiger partial charge >= 0.3 is 12.1 Å². The number of piperazine rings is 1. The number of ether oxygens (including phenoxy) is 1. The highest BCUT2D eigenvalue weighted by molar-refractivity contribution is 7.92. The number of nitrogens with zero attached hydrogens (tertiary/aromatic N) is 3. The van der Waals surface area contributed by atoms with Gasteiger partial charge in [0, 0.05) is 30.2 Å². The van der Waals surface area contributed by atoms with Gasteiger partial charge in [-0.1, -0.05) is 54.1 Å². The number of carbonyl (C=O) groups is 3. The highest BCUT2D eigenvalue weighted by atomic mass is 35.5. The fraction of sp³-hybridized carbons (Fsp3) is 0.323. The molecule has 0 saturated carbocycles. The van der Waals surface area contributed by atoms with Crippen molar-refractivity contribution in [2.24, 2.45) is 0 Å². The monoisotopic (exact) mass is 627 g/mol. The lowest BCUT2D eigenvalue weighted by atomic mass is 10.0. The van der Waals surface area contributed by atoms with Crippen molar-refractivity contribution in [3.8, 4) is 0 Å². The van der Waals surface area contributed by atoms with E-state index in [4.69, 9.17) is 16.3 Å². The largest absolute Gasteiger partial charge is 0.465 e. The van der Waals surface area contributed by atoms with Crippen LogP contribution in [-0.4, -0.2) is 79.1 Å². The van der Waals surface area contributed by atoms with Gasteiger partial charge in [-0.25, -0.2) is 13.2 Å². The van der Waals surface area contributed by atoms with E-state index in [1.54, 1.807) is 32.9 Å². The first-order valence-corrected chi connectivity index (χ1v) is 15.5. The molecule has 43 heavy (non-hydrogen) atoms. The predicted octanol–water partition coefficient (Wildman–Crippen LogP) is 4.92. The third-order valence-electron chi connectivity index (χ3n) is 6.79. The lowest BCUT2D eigenvalue weighted by molar-refractivity contribution is -0.152. The van der Waals surface area contributed by atoms with Gasteiger partial charge in [-0.15, -0.1) is 0 Å². The number of hydrogen-bond acceptors (Lipinski definition) is 6. The Bertz CT molecular complexity index is 1590. The van der Waals surface area contributed by atoms with Crippen molar-refractivity contribution in [1.29, 1.82) is 0 Å². The van der Waals surface area contributed by atoms with Gasteiger partial charge in [0.25, 0.3) is 15.9 Å². The molecule has 10 nitrogen and oxygen atoms in total. The SMILES string of the molecule is CC(C)(C)OC(=O)CN(c1cccc(Cl)c1)S(=O)(=O)c1cccc(C(=O)N2CCN(C(=O)O)C(Cc3ccccc3)C2)c1. The van der Waals surface area contributed by atoms with Crippen molar-refractivity contribution in [3.63, 3.8) is 0 Å². The summed E-state index contributed by atoms with van der Waals surface area (Å²) in [7, 11) is -4.36. The fourth-order valence-electron chi connectivity index (χ4n) is 4.89. The van der Waals surface area contributed by atoms with Crippen molar-refractivity contribution in [2.45, 2.75) is 43.7 Å². The molecule has 0 aromatic heterocycles. The molecule has 1 fully saturated rings. The molecule has 1 unspecified atom stereocenters. The molecular weight excluding hydrogens is 594 g/mol. The number of benzene rings is 3. The molecule has 0 aliphatic carbocycles. The summed E-state index contributed by atoms with van der Waals surface area (Å²) >= 11 is 6.15. The van der Waals surface area contributed by atoms with Gasteiger partial charge in [0.15, 0.2) is 0 Å². The van der Waals surface area contributed by atoms with Crippen molar-refractivity contribution < 1.29 is 32.6 Å². The van der Waals surface area contributed by atoms with Gasteiger partial charge in [-0.05, 0) is 69.2 Å². The first-order chi connectivity index (χ1) is 20.2. The Morgan fingerprint density at radius 2 is 1.67 bits per heavy atom. The minimum Gasteiger partial charge on any atom is -0.465 e. The number of sulfonamides is 1. The van der Waals surface area contributed by atoms with Crippen LogP contribution in [0.15, 0.2) is 83.8 Å². The van der Waals surface area contributed by atoms with E-state index < -0.39 is 46.2 Å². The Labute approximate surface area is 256 Å². The molecule has 3 aromatic rings. The van der Waals surface area contributed by atoms with E-state index in [0.717, 1.165) is 9.87 Å². The molecule has 1 saturated heterocycles. The Hall–Kier alpha value is -4.09. The van der Waals surface area contributed by atoms with Gasteiger partial charge in [0.1, 0.15) is 12.1 Å². The quantitative estimate of drug-likeness (QED) is 0.351. The predicted molar refractivity (Wildman–Crippen MR) is 163 cm³/mol. The van der Waals surface area contributed by atoms with Crippen molar-refractivity contribution >= 4 is 45.3 Å². The van der Waals surface area contributed by atoms with Crippen LogP contribution in [0.25, 0.3) is 0 Å². The smallest absolute Gasteiger partial charge is 0.407 e. The lowest BCUT2D eigenvalue weighted by Gasteiger charge is -2.40. The van der Waals surface area contributed by atoms with Crippen molar-refractivity contribution in [1.82, 2.24) is 9.80 Å². The Balaban J connectivity index is 1.61. The topological polar surface area (TPSA) is 125 Å². The van der Waals surface area contributed by atoms with Crippen LogP contribution in [0, 0.1) is 0 Å². The minimum absolute atomic E-state index is 0.117. The number of halogens is 1. The number of carboxylic acid groups (broad SMARTS) is 1. The van der Waals surface area contributed by atoms with Crippen LogP contribution in [0.5, 0.6) is 0 Å². The van der Waals surface area contributed by atoms with E-state index in [9.17, 15) is 27.9 Å². The second-order valence-corrected chi connectivity index (χ2v) is 13.5. The fourth-order valence-corrected chi connectivity index (χ4v) is 6.52. The average molecular weight is 628 g/mol. The van der Waals surface area contributed by atoms with Crippen molar-refractivity contribution in [3.05, 3.63) is 95.0 Å². The molecule has 12 heteroatoms. The van der Waals surface area contributed by atoms with Crippen LogP contribution in [0.1, 0.15) is 36.7 Å². The van der Waals surface area contributed by atoms with E-state index in [1.165, 1.54) is 46.2 Å². The van der Waals surface area contributed by atoms with Gasteiger partial charge < -0.3 is 19.6 Å². The van der Waals surface area contributed by atoms with E-state index in [0.29, 0.717) is 6.42 Å². The maximum atomic E-state index is 13.9. The standard InChI is InChI=1S/C31H34ClN3O7S/c1-31(2,3)42-28(36)21-35(25-13-8-12-24(32)19-25)43(40,41)27-14-7-11-23(18-27)29(37)33-15-16-34(30(38)39)26(20-33)17-22-9-5-4-6-10-22/h4-14,18-19,26H,15-17,20-21H2,1-3H3,(H,38,39). The molecule has 0 bridgehead atoms. The first-order valence-electron chi connectivity index (χ1n) is 13.7.